The van der Waals surface area contributed by atoms with E-state index >= 15 is 0 Å². The quantitative estimate of drug-likeness (QED) is 0.0169. The first-order valence-corrected chi connectivity index (χ1v) is 43.4. The molecule has 0 saturated carbocycles. The van der Waals surface area contributed by atoms with Crippen molar-refractivity contribution in [3.05, 3.63) is 134 Å². The monoisotopic (exact) mass is 1500 g/mol. The molecule has 0 aromatic carbocycles. The molecule has 0 aromatic rings. The largest absolute Gasteiger partial charge is 0.472 e. The summed E-state index contributed by atoms with van der Waals surface area (Å²) >= 11 is 0. The van der Waals surface area contributed by atoms with Gasteiger partial charge in [-0.3, -0.25) is 37.3 Å². The van der Waals surface area contributed by atoms with Crippen molar-refractivity contribution in [1.29, 1.82) is 0 Å². The highest BCUT2D eigenvalue weighted by molar-refractivity contribution is 7.47. The van der Waals surface area contributed by atoms with Crippen LogP contribution in [0.5, 0.6) is 0 Å². The summed E-state index contributed by atoms with van der Waals surface area (Å²) in [4.78, 5) is 73.0. The van der Waals surface area contributed by atoms with Gasteiger partial charge in [0, 0.05) is 25.7 Å². The van der Waals surface area contributed by atoms with Gasteiger partial charge in [-0.05, 0) is 154 Å². The Kier molecular flexibility index (Phi) is 72.9. The molecule has 17 nitrogen and oxygen atoms in total. The summed E-state index contributed by atoms with van der Waals surface area (Å²) in [7, 11) is -9.99. The lowest BCUT2D eigenvalue weighted by Crippen LogP contribution is -2.30. The van der Waals surface area contributed by atoms with Crippen molar-refractivity contribution < 1.29 is 80.2 Å². The van der Waals surface area contributed by atoms with Crippen LogP contribution < -0.4 is 0 Å². The van der Waals surface area contributed by atoms with Crippen LogP contribution in [0.4, 0.5) is 0 Å². The SMILES string of the molecule is CC/C=C\C/C=C\C/C=C\C/C=C\C/C=C\C/C=C\CCC(=O)OCC(COP(=O)(O)OCC(O)COP(=O)(O)OCC(COC(=O)CCCCCCC/C=C\C/C=C\CCCCC)OC(=O)CCCCCCC/C=C\CCCCCCCC)OC(=O)CCCCCCC/C=C\C/C=C\CCCCC. The first kappa shape index (κ1) is 99.2. The first-order chi connectivity index (χ1) is 50.7. The van der Waals surface area contributed by atoms with Gasteiger partial charge >= 0.3 is 39.5 Å². The summed E-state index contributed by atoms with van der Waals surface area (Å²) in [6.07, 6.45) is 85.8. The smallest absolute Gasteiger partial charge is 0.462 e. The summed E-state index contributed by atoms with van der Waals surface area (Å²) in [6, 6.07) is 0. The molecule has 0 amide bonds. The lowest BCUT2D eigenvalue weighted by molar-refractivity contribution is -0.161. The average molecular weight is 1500 g/mol. The second kappa shape index (κ2) is 76.4. The molecule has 0 aliphatic carbocycles. The Balaban J connectivity index is 5.45. The number of hydrogen-bond acceptors (Lipinski definition) is 15. The highest BCUT2D eigenvalue weighted by Gasteiger charge is 2.30. The lowest BCUT2D eigenvalue weighted by Gasteiger charge is -2.21. The number of unbranched alkanes of at least 4 members (excludes halogenated alkanes) is 27. The standard InChI is InChI=1S/C85H144O17P2/c1-5-9-13-17-21-25-29-33-37-38-39-40-44-46-50-54-58-62-66-70-83(88)96-76-81(102-85(90)72-68-64-60-56-52-48-43-36-32-28-24-20-16-12-8-4)78-100-104(93,94)98-74-79(86)73-97-103(91,92)99-77-80(101-84(89)71-67-63-59-55-51-47-42-35-31-27-23-19-15-11-7-3)75-95-82(87)69-65-61-57-53-49-45-41-34-30-26-22-18-14-10-6-2/h9,13,21-22,24-26,28,33-37,39-43,46,50,58,62,79-81,86H,5-8,10-12,14-20,23,27,29-32,38,44-45,47-49,51-57,59-61,63-78H2,1-4H3,(H,91,92)(H,93,94)/b13-9-,25-21-,26-22-,28-24-,37-33-,40-39-,41-34-,42-35-,43-36-,50-46-,62-58-. The van der Waals surface area contributed by atoms with Crippen molar-refractivity contribution in [2.75, 3.05) is 39.6 Å². The molecule has 19 heteroatoms. The molecule has 0 fully saturated rings. The fourth-order valence-corrected chi connectivity index (χ4v) is 12.0. The molecule has 0 aromatic heterocycles. The van der Waals surface area contributed by atoms with Crippen LogP contribution in [0, 0.1) is 0 Å². The van der Waals surface area contributed by atoms with Crippen molar-refractivity contribution >= 4 is 39.5 Å². The molecule has 596 valence electrons. The van der Waals surface area contributed by atoms with E-state index in [2.05, 4.69) is 143 Å². The van der Waals surface area contributed by atoms with Gasteiger partial charge in [0.15, 0.2) is 12.2 Å². The molecule has 0 aliphatic heterocycles. The molecule has 104 heavy (non-hydrogen) atoms. The van der Waals surface area contributed by atoms with E-state index in [4.69, 9.17) is 37.0 Å². The van der Waals surface area contributed by atoms with Crippen LogP contribution in [-0.4, -0.2) is 96.7 Å². The van der Waals surface area contributed by atoms with Gasteiger partial charge in [0.2, 0.25) is 0 Å². The van der Waals surface area contributed by atoms with Crippen molar-refractivity contribution in [3.63, 3.8) is 0 Å². The minimum absolute atomic E-state index is 0.0299. The van der Waals surface area contributed by atoms with Gasteiger partial charge in [0.1, 0.15) is 19.3 Å². The molecule has 5 atom stereocenters. The maximum atomic E-state index is 13.1. The van der Waals surface area contributed by atoms with E-state index in [1.807, 2.05) is 18.2 Å². The zero-order valence-corrected chi connectivity index (χ0v) is 66.9. The Morgan fingerprint density at radius 1 is 0.279 bits per heavy atom. The number of ether oxygens (including phenoxy) is 4. The predicted octanol–water partition coefficient (Wildman–Crippen LogP) is 23.7. The number of aliphatic hydroxyl groups excluding tert-OH is 1. The summed E-state index contributed by atoms with van der Waals surface area (Å²) in [5, 5.41) is 10.6. The Morgan fingerprint density at radius 2 is 0.519 bits per heavy atom. The number of carbonyl (C=O) groups excluding carboxylic acids is 4. The number of carbonyl (C=O) groups is 4. The third-order valence-corrected chi connectivity index (χ3v) is 18.5. The average Bonchev–Trinajstić information content (AvgIpc) is 0.918. The predicted molar refractivity (Wildman–Crippen MR) is 427 cm³/mol. The fraction of sp³-hybridized carbons (Fsp3) is 0.694. The van der Waals surface area contributed by atoms with Crippen LogP contribution in [0.3, 0.4) is 0 Å². The van der Waals surface area contributed by atoms with Crippen molar-refractivity contribution in [2.45, 2.75) is 341 Å². The topological polar surface area (TPSA) is 237 Å². The van der Waals surface area contributed by atoms with Gasteiger partial charge in [-0.1, -0.05) is 277 Å². The summed E-state index contributed by atoms with van der Waals surface area (Å²) in [5.41, 5.74) is 0. The molecular formula is C85H144O17P2. The second-order valence-electron chi connectivity index (χ2n) is 26.6. The van der Waals surface area contributed by atoms with Gasteiger partial charge in [-0.2, -0.15) is 0 Å². The van der Waals surface area contributed by atoms with Crippen molar-refractivity contribution in [2.24, 2.45) is 0 Å². The first-order valence-electron chi connectivity index (χ1n) is 40.4. The van der Waals surface area contributed by atoms with Gasteiger partial charge < -0.3 is 33.8 Å². The highest BCUT2D eigenvalue weighted by atomic mass is 31.2. The Labute approximate surface area is 631 Å². The Morgan fingerprint density at radius 3 is 0.856 bits per heavy atom. The van der Waals surface area contributed by atoms with Crippen LogP contribution in [0.25, 0.3) is 0 Å². The molecule has 0 aliphatic rings. The number of allylic oxidation sites excluding steroid dienone is 22. The second-order valence-corrected chi connectivity index (χ2v) is 29.5. The molecule has 3 N–H and O–H groups in total. The third-order valence-electron chi connectivity index (χ3n) is 16.6. The number of phosphoric ester groups is 2. The molecular weight excluding hydrogens is 1350 g/mol. The van der Waals surface area contributed by atoms with E-state index in [1.54, 1.807) is 0 Å². The van der Waals surface area contributed by atoms with E-state index in [9.17, 15) is 43.2 Å². The van der Waals surface area contributed by atoms with E-state index in [0.717, 1.165) is 161 Å². The summed E-state index contributed by atoms with van der Waals surface area (Å²) in [5.74, 6) is -2.31. The molecule has 0 bridgehead atoms. The molecule has 0 spiro atoms. The Bertz CT molecular complexity index is 2490. The third kappa shape index (κ3) is 75.4. The number of rotatable bonds is 75. The molecule has 0 rings (SSSR count). The van der Waals surface area contributed by atoms with Gasteiger partial charge in [0.25, 0.3) is 0 Å². The van der Waals surface area contributed by atoms with Crippen LogP contribution in [0.2, 0.25) is 0 Å². The van der Waals surface area contributed by atoms with E-state index in [0.29, 0.717) is 32.1 Å². The van der Waals surface area contributed by atoms with Crippen LogP contribution in [0.1, 0.15) is 323 Å². The lowest BCUT2D eigenvalue weighted by atomic mass is 10.1. The molecule has 0 saturated heterocycles. The minimum atomic E-state index is -5.00. The van der Waals surface area contributed by atoms with Crippen LogP contribution >= 0.6 is 15.6 Å². The minimum Gasteiger partial charge on any atom is -0.462 e. The van der Waals surface area contributed by atoms with Crippen LogP contribution in [-0.2, 0) is 65.4 Å². The zero-order valence-electron chi connectivity index (χ0n) is 65.2. The fourth-order valence-electron chi connectivity index (χ4n) is 10.4. The molecule has 5 unspecified atom stereocenters. The number of esters is 4. The maximum Gasteiger partial charge on any atom is 0.472 e. The van der Waals surface area contributed by atoms with E-state index in [-0.39, 0.29) is 25.7 Å². The normalized spacial score (nSPS) is 14.6. The summed E-state index contributed by atoms with van der Waals surface area (Å²) < 4.78 is 68.5. The maximum absolute atomic E-state index is 13.1. The van der Waals surface area contributed by atoms with Gasteiger partial charge in [-0.25, -0.2) is 9.13 Å². The number of hydrogen-bond donors (Lipinski definition) is 3. The van der Waals surface area contributed by atoms with Gasteiger partial charge in [0.05, 0.1) is 26.4 Å². The Hall–Kier alpha value is -4.80. The molecule has 0 heterocycles. The zero-order chi connectivity index (χ0) is 76.0. The summed E-state index contributed by atoms with van der Waals surface area (Å²) in [6.45, 7) is 4.59. The number of aliphatic hydroxyl groups is 1. The van der Waals surface area contributed by atoms with E-state index in [1.165, 1.54) is 77.0 Å². The molecule has 0 radical (unpaired) electrons. The van der Waals surface area contributed by atoms with Crippen LogP contribution in [0.15, 0.2) is 134 Å². The highest BCUT2D eigenvalue weighted by Crippen LogP contribution is 2.45. The van der Waals surface area contributed by atoms with Gasteiger partial charge in [-0.15, -0.1) is 0 Å². The number of phosphoric acid groups is 2. The van der Waals surface area contributed by atoms with Crippen molar-refractivity contribution in [3.8, 4) is 0 Å². The van der Waals surface area contributed by atoms with Crippen molar-refractivity contribution in [1.82, 2.24) is 0 Å². The van der Waals surface area contributed by atoms with E-state index < -0.39 is 97.5 Å².